The standard InChI is InChI=1S/C18H15F3N4O2/c19-18(20,21)13-4-1-3-12(9-13)17(26)25-8-2-5-14(11-25)27-16-15(10-22)23-6-7-24-16/h1,3-4,6-7,9,14H,2,5,8,11H2. The highest BCUT2D eigenvalue weighted by Gasteiger charge is 2.32. The van der Waals surface area contributed by atoms with Crippen LogP contribution in [0.5, 0.6) is 5.88 Å². The van der Waals surface area contributed by atoms with Gasteiger partial charge in [0.05, 0.1) is 12.1 Å². The number of rotatable bonds is 3. The minimum Gasteiger partial charge on any atom is -0.470 e. The molecule has 1 fully saturated rings. The fraction of sp³-hybridized carbons (Fsp3) is 0.333. The van der Waals surface area contributed by atoms with Gasteiger partial charge in [-0.25, -0.2) is 9.97 Å². The van der Waals surface area contributed by atoms with Crippen molar-refractivity contribution in [2.24, 2.45) is 0 Å². The maximum Gasteiger partial charge on any atom is 0.416 e. The first-order chi connectivity index (χ1) is 12.9. The summed E-state index contributed by atoms with van der Waals surface area (Å²) in [7, 11) is 0. The molecule has 0 aliphatic carbocycles. The number of amides is 1. The Hall–Kier alpha value is -3.15. The van der Waals surface area contributed by atoms with Gasteiger partial charge in [0.15, 0.2) is 0 Å². The lowest BCUT2D eigenvalue weighted by molar-refractivity contribution is -0.137. The van der Waals surface area contributed by atoms with Crippen LogP contribution in [0.1, 0.15) is 34.5 Å². The summed E-state index contributed by atoms with van der Waals surface area (Å²) in [5, 5.41) is 9.04. The number of likely N-dealkylation sites (tertiary alicyclic amines) is 1. The van der Waals surface area contributed by atoms with E-state index in [4.69, 9.17) is 10.00 Å². The van der Waals surface area contributed by atoms with Gasteiger partial charge in [-0.15, -0.1) is 0 Å². The SMILES string of the molecule is N#Cc1nccnc1OC1CCCN(C(=O)c2cccc(C(F)(F)F)c2)C1. The molecule has 140 valence electrons. The summed E-state index contributed by atoms with van der Waals surface area (Å²) in [5.41, 5.74) is -0.849. The Labute approximate surface area is 153 Å². The van der Waals surface area contributed by atoms with Gasteiger partial charge < -0.3 is 9.64 Å². The van der Waals surface area contributed by atoms with Crippen molar-refractivity contribution < 1.29 is 22.7 Å². The smallest absolute Gasteiger partial charge is 0.416 e. The minimum atomic E-state index is -4.51. The molecule has 2 aromatic rings. The summed E-state index contributed by atoms with van der Waals surface area (Å²) in [6.07, 6.45) is -0.910. The number of carbonyl (C=O) groups is 1. The summed E-state index contributed by atoms with van der Waals surface area (Å²) < 4.78 is 44.3. The summed E-state index contributed by atoms with van der Waals surface area (Å²) in [6.45, 7) is 0.608. The van der Waals surface area contributed by atoms with Gasteiger partial charge in [0.2, 0.25) is 5.69 Å². The molecule has 1 unspecified atom stereocenters. The van der Waals surface area contributed by atoms with Crippen LogP contribution >= 0.6 is 0 Å². The lowest BCUT2D eigenvalue weighted by Gasteiger charge is -2.32. The number of piperidine rings is 1. The summed E-state index contributed by atoms with van der Waals surface area (Å²) in [4.78, 5) is 21.9. The molecule has 0 saturated carbocycles. The molecule has 1 amide bonds. The Morgan fingerprint density at radius 3 is 2.81 bits per heavy atom. The molecule has 1 aliphatic rings. The van der Waals surface area contributed by atoms with Gasteiger partial charge in [0.25, 0.3) is 11.8 Å². The number of alkyl halides is 3. The summed E-state index contributed by atoms with van der Waals surface area (Å²) in [6, 6.07) is 6.23. The van der Waals surface area contributed by atoms with E-state index in [0.717, 1.165) is 12.1 Å². The van der Waals surface area contributed by atoms with E-state index in [1.807, 2.05) is 6.07 Å². The van der Waals surface area contributed by atoms with Crippen molar-refractivity contribution in [2.75, 3.05) is 13.1 Å². The summed E-state index contributed by atoms with van der Waals surface area (Å²) in [5.74, 6) is -0.410. The Bertz CT molecular complexity index is 879. The molecule has 0 N–H and O–H groups in total. The first kappa shape index (κ1) is 18.6. The van der Waals surface area contributed by atoms with Crippen molar-refractivity contribution in [1.82, 2.24) is 14.9 Å². The number of aromatic nitrogens is 2. The van der Waals surface area contributed by atoms with E-state index in [1.165, 1.54) is 29.4 Å². The molecule has 2 heterocycles. The van der Waals surface area contributed by atoms with Crippen LogP contribution < -0.4 is 4.74 Å². The van der Waals surface area contributed by atoms with Gasteiger partial charge in [-0.1, -0.05) is 6.07 Å². The first-order valence-corrected chi connectivity index (χ1v) is 8.23. The molecule has 1 aromatic heterocycles. The van der Waals surface area contributed by atoms with E-state index >= 15 is 0 Å². The average molecular weight is 376 g/mol. The van der Waals surface area contributed by atoms with Crippen molar-refractivity contribution in [1.29, 1.82) is 5.26 Å². The maximum absolute atomic E-state index is 12.9. The van der Waals surface area contributed by atoms with E-state index in [0.29, 0.717) is 19.4 Å². The monoisotopic (exact) mass is 376 g/mol. The van der Waals surface area contributed by atoms with Crippen molar-refractivity contribution in [2.45, 2.75) is 25.1 Å². The zero-order chi connectivity index (χ0) is 19.4. The van der Waals surface area contributed by atoms with Crippen LogP contribution in [0.2, 0.25) is 0 Å². The molecule has 1 atom stereocenters. The van der Waals surface area contributed by atoms with Crippen LogP contribution in [0.4, 0.5) is 13.2 Å². The number of carbonyl (C=O) groups excluding carboxylic acids is 1. The molecule has 0 bridgehead atoms. The predicted molar refractivity (Wildman–Crippen MR) is 87.7 cm³/mol. The van der Waals surface area contributed by atoms with E-state index in [-0.39, 0.29) is 23.7 Å². The Morgan fingerprint density at radius 1 is 1.30 bits per heavy atom. The van der Waals surface area contributed by atoms with Crippen LogP contribution in [0.3, 0.4) is 0 Å². The molecule has 1 aromatic carbocycles. The largest absolute Gasteiger partial charge is 0.470 e. The number of halogens is 3. The van der Waals surface area contributed by atoms with Crippen molar-refractivity contribution in [3.63, 3.8) is 0 Å². The van der Waals surface area contributed by atoms with Crippen LogP contribution in [0.25, 0.3) is 0 Å². The second kappa shape index (κ2) is 7.61. The van der Waals surface area contributed by atoms with Crippen LogP contribution in [0, 0.1) is 11.3 Å². The normalized spacial score (nSPS) is 17.3. The van der Waals surface area contributed by atoms with Gasteiger partial charge in [0.1, 0.15) is 12.2 Å². The second-order valence-corrected chi connectivity index (χ2v) is 6.03. The van der Waals surface area contributed by atoms with Gasteiger partial charge in [-0.3, -0.25) is 4.79 Å². The van der Waals surface area contributed by atoms with Crippen LogP contribution in [-0.2, 0) is 6.18 Å². The first-order valence-electron chi connectivity index (χ1n) is 8.23. The highest BCUT2D eigenvalue weighted by molar-refractivity contribution is 5.94. The van der Waals surface area contributed by atoms with E-state index < -0.39 is 23.8 Å². The topological polar surface area (TPSA) is 79.1 Å². The van der Waals surface area contributed by atoms with Crippen molar-refractivity contribution in [3.8, 4) is 11.9 Å². The highest BCUT2D eigenvalue weighted by atomic mass is 19.4. The number of hydrogen-bond donors (Lipinski definition) is 0. The quantitative estimate of drug-likeness (QED) is 0.823. The van der Waals surface area contributed by atoms with Crippen LogP contribution in [-0.4, -0.2) is 40.0 Å². The number of ether oxygens (including phenoxy) is 1. The van der Waals surface area contributed by atoms with Gasteiger partial charge >= 0.3 is 6.18 Å². The van der Waals surface area contributed by atoms with Crippen LogP contribution in [0.15, 0.2) is 36.7 Å². The third kappa shape index (κ3) is 4.34. The number of nitrogens with zero attached hydrogens (tertiary/aromatic N) is 4. The second-order valence-electron chi connectivity index (χ2n) is 6.03. The van der Waals surface area contributed by atoms with E-state index in [1.54, 1.807) is 0 Å². The number of hydrogen-bond acceptors (Lipinski definition) is 5. The molecule has 3 rings (SSSR count). The average Bonchev–Trinajstić information content (AvgIpc) is 2.67. The molecule has 1 aliphatic heterocycles. The highest BCUT2D eigenvalue weighted by Crippen LogP contribution is 2.30. The Balaban J connectivity index is 1.73. The van der Waals surface area contributed by atoms with Gasteiger partial charge in [-0.2, -0.15) is 18.4 Å². The minimum absolute atomic E-state index is 0.0253. The third-order valence-electron chi connectivity index (χ3n) is 4.15. The molecular formula is C18H15F3N4O2. The molecule has 0 spiro atoms. The molecule has 1 saturated heterocycles. The molecule has 27 heavy (non-hydrogen) atoms. The number of nitriles is 1. The van der Waals surface area contributed by atoms with E-state index in [9.17, 15) is 18.0 Å². The Morgan fingerprint density at radius 2 is 2.07 bits per heavy atom. The fourth-order valence-corrected chi connectivity index (χ4v) is 2.88. The third-order valence-corrected chi connectivity index (χ3v) is 4.15. The summed E-state index contributed by atoms with van der Waals surface area (Å²) >= 11 is 0. The maximum atomic E-state index is 12.9. The Kier molecular flexibility index (Phi) is 5.26. The molecule has 6 nitrogen and oxygen atoms in total. The van der Waals surface area contributed by atoms with Gasteiger partial charge in [-0.05, 0) is 31.0 Å². The zero-order valence-corrected chi connectivity index (χ0v) is 14.1. The van der Waals surface area contributed by atoms with E-state index in [2.05, 4.69) is 9.97 Å². The predicted octanol–water partition coefficient (Wildman–Crippen LogP) is 3.05. The van der Waals surface area contributed by atoms with Crippen molar-refractivity contribution in [3.05, 3.63) is 53.5 Å². The zero-order valence-electron chi connectivity index (χ0n) is 14.1. The fourth-order valence-electron chi connectivity index (χ4n) is 2.88. The lowest BCUT2D eigenvalue weighted by atomic mass is 10.0. The molecule has 0 radical (unpaired) electrons. The molecule has 9 heteroatoms. The van der Waals surface area contributed by atoms with Crippen molar-refractivity contribution >= 4 is 5.91 Å². The number of benzene rings is 1. The lowest BCUT2D eigenvalue weighted by Crippen LogP contribution is -2.44. The van der Waals surface area contributed by atoms with Gasteiger partial charge in [0, 0.05) is 24.5 Å². The molecular weight excluding hydrogens is 361 g/mol.